The van der Waals surface area contributed by atoms with Gasteiger partial charge < -0.3 is 19.7 Å². The van der Waals surface area contributed by atoms with Crippen LogP contribution in [0.25, 0.3) is 11.0 Å². The molecule has 4 aromatic rings. The molecule has 9 nitrogen and oxygen atoms in total. The zero-order chi connectivity index (χ0) is 23.5. The third kappa shape index (κ3) is 4.57. The number of anilines is 1. The first-order valence-electron chi connectivity index (χ1n) is 11.6. The molecule has 0 spiro atoms. The molecule has 9 heteroatoms. The maximum Gasteiger partial charge on any atom is 0.196 e. The fourth-order valence-electron chi connectivity index (χ4n) is 4.56. The van der Waals surface area contributed by atoms with Crippen LogP contribution in [0, 0.1) is 0 Å². The topological polar surface area (TPSA) is 107 Å². The van der Waals surface area contributed by atoms with Crippen LogP contribution in [0.15, 0.2) is 53.7 Å². The molecule has 0 amide bonds. The normalized spacial score (nSPS) is 13.5. The fourth-order valence-corrected chi connectivity index (χ4v) is 4.56. The van der Waals surface area contributed by atoms with E-state index >= 15 is 0 Å². The lowest BCUT2D eigenvalue weighted by atomic mass is 10.1. The van der Waals surface area contributed by atoms with Gasteiger partial charge in [-0.3, -0.25) is 4.79 Å². The Morgan fingerprint density at radius 3 is 2.74 bits per heavy atom. The number of benzene rings is 1. The molecule has 3 aromatic heterocycles. The second-order valence-electron chi connectivity index (χ2n) is 8.57. The summed E-state index contributed by atoms with van der Waals surface area (Å²) < 4.78 is 8.91. The molecule has 0 saturated carbocycles. The van der Waals surface area contributed by atoms with Crippen molar-refractivity contribution in [3.8, 4) is 0 Å². The molecule has 0 fully saturated rings. The molecule has 0 atom stereocenters. The van der Waals surface area contributed by atoms with Crippen molar-refractivity contribution in [1.82, 2.24) is 24.5 Å². The van der Waals surface area contributed by atoms with E-state index in [1.165, 1.54) is 11.1 Å². The van der Waals surface area contributed by atoms with Crippen molar-refractivity contribution < 1.29 is 9.84 Å². The summed E-state index contributed by atoms with van der Waals surface area (Å²) in [6.07, 6.45) is 7.34. The molecule has 0 radical (unpaired) electrons. The number of aliphatic hydroxyl groups excluding tert-OH is 1. The van der Waals surface area contributed by atoms with Gasteiger partial charge in [0.05, 0.1) is 49.8 Å². The number of nitrogens with one attached hydrogen (secondary N) is 1. The quantitative estimate of drug-likeness (QED) is 0.369. The Morgan fingerprint density at radius 2 is 2.00 bits per heavy atom. The molecule has 1 aliphatic rings. The molecule has 3 heterocycles. The summed E-state index contributed by atoms with van der Waals surface area (Å²) in [7, 11) is 0. The van der Waals surface area contributed by atoms with Gasteiger partial charge in [0.2, 0.25) is 0 Å². The first-order chi connectivity index (χ1) is 16.6. The highest BCUT2D eigenvalue weighted by atomic mass is 16.5. The van der Waals surface area contributed by atoms with Gasteiger partial charge in [0.25, 0.3) is 0 Å². The molecule has 1 aromatic carbocycles. The minimum atomic E-state index is -0.0564. The summed E-state index contributed by atoms with van der Waals surface area (Å²) >= 11 is 0. The van der Waals surface area contributed by atoms with Crippen molar-refractivity contribution in [2.45, 2.75) is 45.5 Å². The van der Waals surface area contributed by atoms with Crippen LogP contribution >= 0.6 is 0 Å². The van der Waals surface area contributed by atoms with E-state index in [9.17, 15) is 4.79 Å². The summed E-state index contributed by atoms with van der Waals surface area (Å²) in [6.45, 7) is 3.50. The molecule has 5 rings (SSSR count). The Hall–Kier alpha value is -3.56. The van der Waals surface area contributed by atoms with Crippen molar-refractivity contribution in [1.29, 1.82) is 0 Å². The molecule has 1 aliphatic carbocycles. The van der Waals surface area contributed by atoms with Crippen LogP contribution in [0.3, 0.4) is 0 Å². The molecule has 34 heavy (non-hydrogen) atoms. The number of rotatable bonds is 9. The molecular formula is C25H28N6O3. The Morgan fingerprint density at radius 1 is 1.21 bits per heavy atom. The number of aryl methyl sites for hydroxylation is 1. The predicted molar refractivity (Wildman–Crippen MR) is 129 cm³/mol. The number of nitrogens with zero attached hydrogens (tertiary/aromatic N) is 5. The zero-order valence-corrected chi connectivity index (χ0v) is 19.1. The number of ether oxygens (including phenoxy) is 1. The number of fused-ring (bicyclic) bond motifs is 2. The van der Waals surface area contributed by atoms with Gasteiger partial charge in [-0.05, 0) is 37.0 Å². The van der Waals surface area contributed by atoms with Gasteiger partial charge in [0, 0.05) is 24.3 Å². The molecule has 2 N–H and O–H groups in total. The summed E-state index contributed by atoms with van der Waals surface area (Å²) in [4.78, 5) is 18.0. The summed E-state index contributed by atoms with van der Waals surface area (Å²) in [6, 6.07) is 10.7. The third-order valence-electron chi connectivity index (χ3n) is 6.15. The van der Waals surface area contributed by atoms with E-state index in [0.717, 1.165) is 18.5 Å². The molecule has 0 saturated heterocycles. The highest BCUT2D eigenvalue weighted by Gasteiger charge is 2.21. The third-order valence-corrected chi connectivity index (χ3v) is 6.15. The lowest BCUT2D eigenvalue weighted by Gasteiger charge is -2.15. The van der Waals surface area contributed by atoms with E-state index in [4.69, 9.17) is 9.84 Å². The van der Waals surface area contributed by atoms with E-state index in [0.29, 0.717) is 35.4 Å². The zero-order valence-electron chi connectivity index (χ0n) is 19.1. The van der Waals surface area contributed by atoms with E-state index in [2.05, 4.69) is 44.9 Å². The van der Waals surface area contributed by atoms with E-state index < -0.39 is 0 Å². The van der Waals surface area contributed by atoms with Crippen LogP contribution in [0.5, 0.6) is 0 Å². The maximum absolute atomic E-state index is 13.4. The van der Waals surface area contributed by atoms with Gasteiger partial charge in [-0.2, -0.15) is 0 Å². The lowest BCUT2D eigenvalue weighted by molar-refractivity contribution is 0.0796. The minimum absolute atomic E-state index is 0.0413. The molecule has 176 valence electrons. The molecular weight excluding hydrogens is 432 g/mol. The number of aliphatic hydroxyl groups is 1. The average Bonchev–Trinajstić information content (AvgIpc) is 3.47. The molecule has 0 bridgehead atoms. The second kappa shape index (κ2) is 9.74. The first-order valence-corrected chi connectivity index (χ1v) is 11.6. The summed E-state index contributed by atoms with van der Waals surface area (Å²) in [5.74, 6) is 0. The SMILES string of the molecule is CCn1cc(Cn2cc(COCCO)nn2)c(=O)c2cc(NC3Cc4ccccc4C3)cnc21. The smallest absolute Gasteiger partial charge is 0.196 e. The van der Waals surface area contributed by atoms with Crippen molar-refractivity contribution >= 4 is 16.7 Å². The van der Waals surface area contributed by atoms with Gasteiger partial charge in [-0.25, -0.2) is 9.67 Å². The van der Waals surface area contributed by atoms with Crippen LogP contribution in [-0.4, -0.2) is 48.9 Å². The van der Waals surface area contributed by atoms with Gasteiger partial charge in [-0.1, -0.05) is 29.5 Å². The maximum atomic E-state index is 13.4. The summed E-state index contributed by atoms with van der Waals surface area (Å²) in [5.41, 5.74) is 5.49. The molecule has 0 unspecified atom stereocenters. The number of hydrogen-bond donors (Lipinski definition) is 2. The minimum Gasteiger partial charge on any atom is -0.394 e. The van der Waals surface area contributed by atoms with Crippen molar-refractivity contribution in [2.24, 2.45) is 0 Å². The van der Waals surface area contributed by atoms with Crippen LogP contribution in [0.4, 0.5) is 5.69 Å². The monoisotopic (exact) mass is 460 g/mol. The Kier molecular flexibility index (Phi) is 6.37. The Labute approximate surface area is 197 Å². The second-order valence-corrected chi connectivity index (χ2v) is 8.57. The standard InChI is InChI=1S/C25H28N6O3/c1-2-30-13-19(14-31-15-22(28-29-31)16-34-8-7-32)24(33)23-11-21(12-26-25(23)30)27-20-9-17-5-3-4-6-18(17)10-20/h3-6,11-13,15,20,27,32H,2,7-10,14,16H2,1H3. The van der Waals surface area contributed by atoms with Crippen LogP contribution < -0.4 is 10.7 Å². The predicted octanol–water partition coefficient (Wildman–Crippen LogP) is 2.14. The van der Waals surface area contributed by atoms with Gasteiger partial charge in [0.15, 0.2) is 5.43 Å². The lowest BCUT2D eigenvalue weighted by Crippen LogP contribution is -2.21. The van der Waals surface area contributed by atoms with Gasteiger partial charge >= 0.3 is 0 Å². The molecule has 0 aliphatic heterocycles. The van der Waals surface area contributed by atoms with Crippen molar-refractivity contribution in [2.75, 3.05) is 18.5 Å². The summed E-state index contributed by atoms with van der Waals surface area (Å²) in [5, 5.41) is 21.2. The van der Waals surface area contributed by atoms with E-state index in [1.807, 2.05) is 30.0 Å². The Balaban J connectivity index is 1.39. The fraction of sp³-hybridized carbons (Fsp3) is 0.360. The highest BCUT2D eigenvalue weighted by Crippen LogP contribution is 2.25. The highest BCUT2D eigenvalue weighted by molar-refractivity contribution is 5.79. The number of pyridine rings is 2. The van der Waals surface area contributed by atoms with E-state index in [-0.39, 0.29) is 31.3 Å². The van der Waals surface area contributed by atoms with Crippen LogP contribution in [-0.2, 0) is 37.3 Å². The van der Waals surface area contributed by atoms with Crippen molar-refractivity contribution in [3.63, 3.8) is 0 Å². The average molecular weight is 461 g/mol. The van der Waals surface area contributed by atoms with Crippen LogP contribution in [0.1, 0.15) is 29.3 Å². The van der Waals surface area contributed by atoms with Crippen LogP contribution in [0.2, 0.25) is 0 Å². The van der Waals surface area contributed by atoms with Gasteiger partial charge in [-0.15, -0.1) is 5.10 Å². The number of aromatic nitrogens is 5. The first kappa shape index (κ1) is 22.2. The number of hydrogen-bond acceptors (Lipinski definition) is 7. The van der Waals surface area contributed by atoms with Crippen molar-refractivity contribution in [3.05, 3.63) is 81.5 Å². The largest absolute Gasteiger partial charge is 0.394 e. The Bertz CT molecular complexity index is 1340. The van der Waals surface area contributed by atoms with Gasteiger partial charge in [0.1, 0.15) is 11.3 Å². The van der Waals surface area contributed by atoms with E-state index in [1.54, 1.807) is 10.9 Å².